The minimum atomic E-state index is 0.00899. The lowest BCUT2D eigenvalue weighted by atomic mass is 10.1. The van der Waals surface area contributed by atoms with Gasteiger partial charge < -0.3 is 20.1 Å². The first-order valence-corrected chi connectivity index (χ1v) is 6.47. The van der Waals surface area contributed by atoms with Gasteiger partial charge in [-0.15, -0.1) is 0 Å². The van der Waals surface area contributed by atoms with Crippen LogP contribution in [0.15, 0.2) is 18.2 Å². The van der Waals surface area contributed by atoms with Crippen LogP contribution in [0.1, 0.15) is 19.3 Å². The smallest absolute Gasteiger partial charge is 0.225 e. The van der Waals surface area contributed by atoms with Gasteiger partial charge in [0.25, 0.3) is 0 Å². The Balaban J connectivity index is 1.98. The number of ether oxygens (including phenoxy) is 2. The minimum absolute atomic E-state index is 0.00899. The summed E-state index contributed by atoms with van der Waals surface area (Å²) < 4.78 is 10.3. The van der Waals surface area contributed by atoms with E-state index < -0.39 is 0 Å². The molecule has 0 saturated carbocycles. The maximum Gasteiger partial charge on any atom is 0.225 e. The van der Waals surface area contributed by atoms with Crippen LogP contribution in [0.3, 0.4) is 0 Å². The summed E-state index contributed by atoms with van der Waals surface area (Å²) in [4.78, 5) is 11.9. The molecule has 0 bridgehead atoms. The summed E-state index contributed by atoms with van der Waals surface area (Å²) >= 11 is 0. The number of hydrogen-bond donors (Lipinski definition) is 2. The summed E-state index contributed by atoms with van der Waals surface area (Å²) in [5.74, 6) is 1.33. The Kier molecular flexibility index (Phi) is 4.63. The van der Waals surface area contributed by atoms with Gasteiger partial charge in [0.1, 0.15) is 11.5 Å². The third-order valence-corrected chi connectivity index (χ3v) is 3.23. The Hall–Kier alpha value is -1.75. The average Bonchev–Trinajstić information content (AvgIpc) is 2.90. The molecule has 1 aromatic rings. The standard InChI is InChI=1S/C14H20N2O3/c1-18-12-6-11(7-13(9-12)19-2)16-14(17)8-10-4-3-5-15-10/h6-7,9-10,15H,3-5,8H2,1-2H3,(H,16,17). The summed E-state index contributed by atoms with van der Waals surface area (Å²) in [5.41, 5.74) is 0.694. The fourth-order valence-electron chi connectivity index (χ4n) is 2.25. The zero-order chi connectivity index (χ0) is 13.7. The lowest BCUT2D eigenvalue weighted by Gasteiger charge is -2.12. The van der Waals surface area contributed by atoms with E-state index in [-0.39, 0.29) is 5.91 Å². The molecule has 1 fully saturated rings. The second-order valence-corrected chi connectivity index (χ2v) is 4.65. The van der Waals surface area contributed by atoms with Gasteiger partial charge >= 0.3 is 0 Å². The van der Waals surface area contributed by atoms with Crippen molar-refractivity contribution in [2.24, 2.45) is 0 Å². The number of carbonyl (C=O) groups excluding carboxylic acids is 1. The third kappa shape index (κ3) is 3.86. The number of hydrogen-bond acceptors (Lipinski definition) is 4. The van der Waals surface area contributed by atoms with Gasteiger partial charge in [0, 0.05) is 36.3 Å². The molecular weight excluding hydrogens is 244 g/mol. The maximum absolute atomic E-state index is 11.9. The molecule has 2 rings (SSSR count). The quantitative estimate of drug-likeness (QED) is 0.851. The lowest BCUT2D eigenvalue weighted by molar-refractivity contribution is -0.116. The summed E-state index contributed by atoms with van der Waals surface area (Å²) in [6, 6.07) is 5.63. The van der Waals surface area contributed by atoms with Gasteiger partial charge in [-0.25, -0.2) is 0 Å². The lowest BCUT2D eigenvalue weighted by Crippen LogP contribution is -2.27. The summed E-state index contributed by atoms with van der Waals surface area (Å²) in [6.45, 7) is 1.00. The Labute approximate surface area is 113 Å². The molecule has 1 atom stereocenters. The molecule has 5 nitrogen and oxygen atoms in total. The second kappa shape index (κ2) is 6.43. The highest BCUT2D eigenvalue weighted by molar-refractivity contribution is 5.91. The first-order chi connectivity index (χ1) is 9.21. The Morgan fingerprint density at radius 1 is 1.32 bits per heavy atom. The largest absolute Gasteiger partial charge is 0.497 e. The monoisotopic (exact) mass is 264 g/mol. The van der Waals surface area contributed by atoms with E-state index in [0.717, 1.165) is 19.4 Å². The van der Waals surface area contributed by atoms with E-state index in [1.54, 1.807) is 32.4 Å². The molecule has 1 amide bonds. The van der Waals surface area contributed by atoms with Crippen LogP contribution in [0, 0.1) is 0 Å². The van der Waals surface area contributed by atoms with Crippen molar-refractivity contribution in [2.75, 3.05) is 26.1 Å². The van der Waals surface area contributed by atoms with E-state index >= 15 is 0 Å². The summed E-state index contributed by atoms with van der Waals surface area (Å²) in [7, 11) is 3.17. The van der Waals surface area contributed by atoms with E-state index in [1.807, 2.05) is 0 Å². The molecule has 0 radical (unpaired) electrons. The molecule has 1 aliphatic rings. The number of nitrogens with one attached hydrogen (secondary N) is 2. The molecule has 5 heteroatoms. The molecular formula is C14H20N2O3. The number of methoxy groups -OCH3 is 2. The molecule has 0 aromatic heterocycles. The van der Waals surface area contributed by atoms with Crippen LogP contribution in [0.5, 0.6) is 11.5 Å². The summed E-state index contributed by atoms with van der Waals surface area (Å²) in [6.07, 6.45) is 2.71. The van der Waals surface area contributed by atoms with Crippen molar-refractivity contribution in [3.05, 3.63) is 18.2 Å². The maximum atomic E-state index is 11.9. The van der Waals surface area contributed by atoms with Crippen molar-refractivity contribution in [1.29, 1.82) is 0 Å². The first-order valence-electron chi connectivity index (χ1n) is 6.47. The molecule has 1 aliphatic heterocycles. The van der Waals surface area contributed by atoms with Crippen LogP contribution in [0.25, 0.3) is 0 Å². The average molecular weight is 264 g/mol. The van der Waals surface area contributed by atoms with Crippen molar-refractivity contribution in [1.82, 2.24) is 5.32 Å². The fourth-order valence-corrected chi connectivity index (χ4v) is 2.25. The molecule has 1 unspecified atom stereocenters. The van der Waals surface area contributed by atoms with Crippen LogP contribution in [-0.2, 0) is 4.79 Å². The molecule has 0 aliphatic carbocycles. The van der Waals surface area contributed by atoms with Crippen LogP contribution >= 0.6 is 0 Å². The minimum Gasteiger partial charge on any atom is -0.497 e. The molecule has 19 heavy (non-hydrogen) atoms. The Morgan fingerprint density at radius 2 is 2.00 bits per heavy atom. The van der Waals surface area contributed by atoms with Crippen molar-refractivity contribution in [2.45, 2.75) is 25.3 Å². The normalized spacial score (nSPS) is 18.1. The van der Waals surface area contributed by atoms with Crippen LogP contribution < -0.4 is 20.1 Å². The Morgan fingerprint density at radius 3 is 2.53 bits per heavy atom. The van der Waals surface area contributed by atoms with Crippen molar-refractivity contribution < 1.29 is 14.3 Å². The van der Waals surface area contributed by atoms with Gasteiger partial charge in [0.15, 0.2) is 0 Å². The molecule has 0 spiro atoms. The number of carbonyl (C=O) groups is 1. The highest BCUT2D eigenvalue weighted by Crippen LogP contribution is 2.26. The predicted octanol–water partition coefficient (Wildman–Crippen LogP) is 1.78. The van der Waals surface area contributed by atoms with E-state index in [9.17, 15) is 4.79 Å². The highest BCUT2D eigenvalue weighted by atomic mass is 16.5. The van der Waals surface area contributed by atoms with Crippen LogP contribution in [0.4, 0.5) is 5.69 Å². The van der Waals surface area contributed by atoms with Crippen molar-refractivity contribution in [3.63, 3.8) is 0 Å². The Bertz CT molecular complexity index is 420. The molecule has 1 heterocycles. The third-order valence-electron chi connectivity index (χ3n) is 3.23. The van der Waals surface area contributed by atoms with Gasteiger partial charge in [0.2, 0.25) is 5.91 Å². The zero-order valence-electron chi connectivity index (χ0n) is 11.4. The van der Waals surface area contributed by atoms with Gasteiger partial charge in [-0.1, -0.05) is 0 Å². The van der Waals surface area contributed by atoms with E-state index in [4.69, 9.17) is 9.47 Å². The van der Waals surface area contributed by atoms with Crippen LogP contribution in [-0.4, -0.2) is 32.7 Å². The number of rotatable bonds is 5. The van der Waals surface area contributed by atoms with E-state index in [0.29, 0.717) is 29.6 Å². The number of benzene rings is 1. The molecule has 1 saturated heterocycles. The van der Waals surface area contributed by atoms with Crippen molar-refractivity contribution in [3.8, 4) is 11.5 Å². The number of amides is 1. The second-order valence-electron chi connectivity index (χ2n) is 4.65. The molecule has 2 N–H and O–H groups in total. The van der Waals surface area contributed by atoms with Gasteiger partial charge in [-0.2, -0.15) is 0 Å². The van der Waals surface area contributed by atoms with E-state index in [1.165, 1.54) is 0 Å². The zero-order valence-corrected chi connectivity index (χ0v) is 11.4. The molecule has 104 valence electrons. The number of anilines is 1. The van der Waals surface area contributed by atoms with Gasteiger partial charge in [0.05, 0.1) is 14.2 Å². The van der Waals surface area contributed by atoms with Crippen molar-refractivity contribution >= 4 is 11.6 Å². The van der Waals surface area contributed by atoms with E-state index in [2.05, 4.69) is 10.6 Å². The van der Waals surface area contributed by atoms with Gasteiger partial charge in [-0.3, -0.25) is 4.79 Å². The predicted molar refractivity (Wildman–Crippen MR) is 73.8 cm³/mol. The SMILES string of the molecule is COc1cc(NC(=O)CC2CCCN2)cc(OC)c1. The summed E-state index contributed by atoms with van der Waals surface area (Å²) in [5, 5.41) is 6.19. The molecule has 1 aromatic carbocycles. The fraction of sp³-hybridized carbons (Fsp3) is 0.500. The highest BCUT2D eigenvalue weighted by Gasteiger charge is 2.17. The first kappa shape index (κ1) is 13.7. The van der Waals surface area contributed by atoms with Gasteiger partial charge in [-0.05, 0) is 19.4 Å². The topological polar surface area (TPSA) is 59.6 Å². The van der Waals surface area contributed by atoms with Crippen LogP contribution in [0.2, 0.25) is 0 Å².